The van der Waals surface area contributed by atoms with E-state index >= 15 is 0 Å². The van der Waals surface area contributed by atoms with Gasteiger partial charge in [0, 0.05) is 16.7 Å². The Labute approximate surface area is 155 Å². The fourth-order valence-electron chi connectivity index (χ4n) is 3.26. The van der Waals surface area contributed by atoms with Gasteiger partial charge in [-0.15, -0.1) is 0 Å². The number of amides is 1. The number of aromatic nitrogens is 2. The van der Waals surface area contributed by atoms with E-state index in [0.29, 0.717) is 33.8 Å². The van der Waals surface area contributed by atoms with Crippen LogP contribution in [0.3, 0.4) is 0 Å². The molecule has 0 fully saturated rings. The molecule has 0 bridgehead atoms. The third-order valence-corrected chi connectivity index (χ3v) is 4.56. The number of carbonyl (C=O) groups is 2. The van der Waals surface area contributed by atoms with E-state index in [1.54, 1.807) is 44.2 Å². The Morgan fingerprint density at radius 1 is 1.04 bits per heavy atom. The van der Waals surface area contributed by atoms with Crippen molar-refractivity contribution in [3.8, 4) is 11.4 Å². The van der Waals surface area contributed by atoms with E-state index in [1.165, 1.54) is 0 Å². The van der Waals surface area contributed by atoms with Crippen molar-refractivity contribution in [3.05, 3.63) is 76.7 Å². The Hall–Kier alpha value is -3.67. The van der Waals surface area contributed by atoms with Crippen LogP contribution in [0.4, 0.5) is 0 Å². The molecular formula is C21H17N3O3. The third-order valence-electron chi connectivity index (χ3n) is 4.56. The molecule has 6 nitrogen and oxygen atoms in total. The summed E-state index contributed by atoms with van der Waals surface area (Å²) < 4.78 is 5.49. The molecule has 0 spiro atoms. The Balaban J connectivity index is 1.78. The van der Waals surface area contributed by atoms with Crippen LogP contribution in [0, 0.1) is 13.8 Å². The van der Waals surface area contributed by atoms with Crippen molar-refractivity contribution in [2.45, 2.75) is 13.8 Å². The summed E-state index contributed by atoms with van der Waals surface area (Å²) in [5.41, 5.74) is 9.35. The number of nitrogens with zero attached hydrogens (tertiary/aromatic N) is 1. The number of benzene rings is 2. The summed E-state index contributed by atoms with van der Waals surface area (Å²) in [7, 11) is 0. The lowest BCUT2D eigenvalue weighted by Crippen LogP contribution is -2.10. The predicted octanol–water partition coefficient (Wildman–Crippen LogP) is 3.77. The molecule has 0 radical (unpaired) electrons. The Morgan fingerprint density at radius 3 is 2.44 bits per heavy atom. The van der Waals surface area contributed by atoms with Gasteiger partial charge in [0.2, 0.25) is 0 Å². The van der Waals surface area contributed by atoms with E-state index in [1.807, 2.05) is 18.2 Å². The zero-order chi connectivity index (χ0) is 19.1. The van der Waals surface area contributed by atoms with Crippen molar-refractivity contribution in [1.29, 1.82) is 0 Å². The molecular weight excluding hydrogens is 342 g/mol. The largest absolute Gasteiger partial charge is 0.455 e. The standard InChI is InChI=1S/C21H17N3O3/c1-11-17(12(2)27-19(11)20(22)26)21-23-15-9-8-14(10-16(15)24-21)18(25)13-6-4-3-5-7-13/h3-10H,1-2H3,(H2,22,26)(H,23,24). The van der Waals surface area contributed by atoms with Crippen molar-refractivity contribution in [2.24, 2.45) is 5.73 Å². The van der Waals surface area contributed by atoms with Crippen molar-refractivity contribution in [3.63, 3.8) is 0 Å². The molecule has 3 N–H and O–H groups in total. The van der Waals surface area contributed by atoms with E-state index in [0.717, 1.165) is 11.0 Å². The van der Waals surface area contributed by atoms with Crippen LogP contribution in [-0.4, -0.2) is 21.7 Å². The number of rotatable bonds is 4. The van der Waals surface area contributed by atoms with Gasteiger partial charge in [0.25, 0.3) is 5.91 Å². The molecule has 27 heavy (non-hydrogen) atoms. The van der Waals surface area contributed by atoms with Gasteiger partial charge in [-0.3, -0.25) is 9.59 Å². The fraction of sp³-hybridized carbons (Fsp3) is 0.0952. The highest BCUT2D eigenvalue weighted by Crippen LogP contribution is 2.31. The molecule has 4 rings (SSSR count). The van der Waals surface area contributed by atoms with Gasteiger partial charge in [0.15, 0.2) is 11.5 Å². The zero-order valence-corrected chi connectivity index (χ0v) is 14.9. The maximum atomic E-state index is 12.7. The molecule has 0 saturated heterocycles. The topological polar surface area (TPSA) is 102 Å². The van der Waals surface area contributed by atoms with E-state index < -0.39 is 5.91 Å². The summed E-state index contributed by atoms with van der Waals surface area (Å²) >= 11 is 0. The number of ketones is 1. The fourth-order valence-corrected chi connectivity index (χ4v) is 3.26. The number of fused-ring (bicyclic) bond motifs is 1. The number of imidazole rings is 1. The summed E-state index contributed by atoms with van der Waals surface area (Å²) in [6, 6.07) is 14.4. The van der Waals surface area contributed by atoms with Crippen LogP contribution in [-0.2, 0) is 0 Å². The second kappa shape index (κ2) is 6.25. The molecule has 4 aromatic rings. The van der Waals surface area contributed by atoms with Gasteiger partial charge in [0.1, 0.15) is 11.6 Å². The minimum atomic E-state index is -0.617. The molecule has 2 aromatic heterocycles. The average Bonchev–Trinajstić information content (AvgIpc) is 3.21. The van der Waals surface area contributed by atoms with Crippen molar-refractivity contribution < 1.29 is 14.0 Å². The number of hydrogen-bond donors (Lipinski definition) is 2. The van der Waals surface area contributed by atoms with Crippen LogP contribution in [0.15, 0.2) is 52.9 Å². The predicted molar refractivity (Wildman–Crippen MR) is 102 cm³/mol. The highest BCUT2D eigenvalue weighted by atomic mass is 16.3. The highest BCUT2D eigenvalue weighted by molar-refractivity contribution is 6.10. The Kier molecular flexibility index (Phi) is 3.88. The average molecular weight is 359 g/mol. The first-order chi connectivity index (χ1) is 13.0. The summed E-state index contributed by atoms with van der Waals surface area (Å²) in [5.74, 6) is 0.582. The second-order valence-corrected chi connectivity index (χ2v) is 6.36. The quantitative estimate of drug-likeness (QED) is 0.541. The summed E-state index contributed by atoms with van der Waals surface area (Å²) in [4.78, 5) is 31.9. The summed E-state index contributed by atoms with van der Waals surface area (Å²) in [6.07, 6.45) is 0. The molecule has 2 heterocycles. The van der Waals surface area contributed by atoms with Gasteiger partial charge in [0.05, 0.1) is 16.6 Å². The molecule has 134 valence electrons. The smallest absolute Gasteiger partial charge is 0.284 e. The number of H-pyrrole nitrogens is 1. The van der Waals surface area contributed by atoms with E-state index in [4.69, 9.17) is 10.2 Å². The van der Waals surface area contributed by atoms with Crippen molar-refractivity contribution in [1.82, 2.24) is 9.97 Å². The van der Waals surface area contributed by atoms with Crippen molar-refractivity contribution >= 4 is 22.7 Å². The van der Waals surface area contributed by atoms with Crippen LogP contribution in [0.2, 0.25) is 0 Å². The molecule has 0 aliphatic heterocycles. The molecule has 1 amide bonds. The Bertz CT molecular complexity index is 1190. The number of hydrogen-bond acceptors (Lipinski definition) is 4. The van der Waals surface area contributed by atoms with Crippen LogP contribution < -0.4 is 5.73 Å². The van der Waals surface area contributed by atoms with E-state index in [2.05, 4.69) is 9.97 Å². The lowest BCUT2D eigenvalue weighted by molar-refractivity contribution is 0.0971. The van der Waals surface area contributed by atoms with E-state index in [-0.39, 0.29) is 11.5 Å². The first kappa shape index (κ1) is 16.8. The lowest BCUT2D eigenvalue weighted by atomic mass is 10.0. The third kappa shape index (κ3) is 2.81. The molecule has 0 saturated carbocycles. The number of furan rings is 1. The van der Waals surface area contributed by atoms with E-state index in [9.17, 15) is 9.59 Å². The van der Waals surface area contributed by atoms with Gasteiger partial charge < -0.3 is 15.1 Å². The van der Waals surface area contributed by atoms with Gasteiger partial charge >= 0.3 is 0 Å². The summed E-state index contributed by atoms with van der Waals surface area (Å²) in [5, 5.41) is 0. The molecule has 0 unspecified atom stereocenters. The molecule has 0 aliphatic rings. The molecule has 6 heteroatoms. The first-order valence-electron chi connectivity index (χ1n) is 8.45. The SMILES string of the molecule is Cc1oc(C(N)=O)c(C)c1-c1nc2ccc(C(=O)c3ccccc3)cc2[nH]1. The van der Waals surface area contributed by atoms with Gasteiger partial charge in [-0.05, 0) is 32.0 Å². The Morgan fingerprint density at radius 2 is 1.78 bits per heavy atom. The number of carbonyl (C=O) groups excluding carboxylic acids is 2. The first-order valence-corrected chi connectivity index (χ1v) is 8.45. The number of nitrogens with one attached hydrogen (secondary N) is 1. The van der Waals surface area contributed by atoms with Crippen molar-refractivity contribution in [2.75, 3.05) is 0 Å². The number of aryl methyl sites for hydroxylation is 1. The molecule has 0 aliphatic carbocycles. The lowest BCUT2D eigenvalue weighted by Gasteiger charge is -2.00. The normalized spacial score (nSPS) is 11.0. The number of nitrogens with two attached hydrogens (primary N) is 1. The van der Waals surface area contributed by atoms with Gasteiger partial charge in [-0.1, -0.05) is 30.3 Å². The highest BCUT2D eigenvalue weighted by Gasteiger charge is 2.22. The summed E-state index contributed by atoms with van der Waals surface area (Å²) in [6.45, 7) is 3.52. The van der Waals surface area contributed by atoms with Crippen LogP contribution >= 0.6 is 0 Å². The molecule has 0 atom stereocenters. The molecule has 2 aromatic carbocycles. The zero-order valence-electron chi connectivity index (χ0n) is 14.9. The van der Waals surface area contributed by atoms with Gasteiger partial charge in [-0.2, -0.15) is 0 Å². The van der Waals surface area contributed by atoms with Crippen LogP contribution in [0.5, 0.6) is 0 Å². The van der Waals surface area contributed by atoms with Crippen LogP contribution in [0.1, 0.15) is 37.8 Å². The van der Waals surface area contributed by atoms with Crippen LogP contribution in [0.25, 0.3) is 22.4 Å². The number of aromatic amines is 1. The number of primary amides is 1. The monoisotopic (exact) mass is 359 g/mol. The minimum absolute atomic E-state index is 0.0552. The maximum absolute atomic E-state index is 12.7. The maximum Gasteiger partial charge on any atom is 0.284 e. The second-order valence-electron chi connectivity index (χ2n) is 6.36. The van der Waals surface area contributed by atoms with Gasteiger partial charge in [-0.25, -0.2) is 4.98 Å². The minimum Gasteiger partial charge on any atom is -0.455 e.